The van der Waals surface area contributed by atoms with Gasteiger partial charge in [0.1, 0.15) is 17.9 Å². The fourth-order valence-electron chi connectivity index (χ4n) is 1.62. The minimum Gasteiger partial charge on any atom is -0.494 e. The maximum absolute atomic E-state index is 5.50. The molecule has 1 aromatic carbocycles. The third-order valence-electron chi connectivity index (χ3n) is 2.41. The first-order chi connectivity index (χ1) is 8.19. The fourth-order valence-corrected chi connectivity index (χ4v) is 2.14. The lowest BCUT2D eigenvalue weighted by molar-refractivity contribution is 0.339. The van der Waals surface area contributed by atoms with Crippen LogP contribution in [-0.4, -0.2) is 21.4 Å². The molecule has 0 fully saturated rings. The molecule has 0 N–H and O–H groups in total. The van der Waals surface area contributed by atoms with Gasteiger partial charge < -0.3 is 9.30 Å². The predicted octanol–water partition coefficient (Wildman–Crippen LogP) is 2.57. The van der Waals surface area contributed by atoms with Gasteiger partial charge in [-0.2, -0.15) is 0 Å². The van der Waals surface area contributed by atoms with Crippen LogP contribution in [0.1, 0.15) is 18.3 Å². The van der Waals surface area contributed by atoms with Crippen molar-refractivity contribution in [3.05, 3.63) is 40.4 Å². The number of ether oxygens (including phenoxy) is 1. The summed E-state index contributed by atoms with van der Waals surface area (Å²) in [6.07, 6.45) is 2.45. The topological polar surface area (TPSA) is 39.9 Å². The maximum Gasteiger partial charge on any atom is 0.136 e. The largest absolute Gasteiger partial charge is 0.494 e. The van der Waals surface area contributed by atoms with Crippen LogP contribution in [0.2, 0.25) is 0 Å². The van der Waals surface area contributed by atoms with Crippen LogP contribution >= 0.6 is 15.9 Å². The summed E-state index contributed by atoms with van der Waals surface area (Å²) in [6.45, 7) is 2.64. The molecule has 0 unspecified atom stereocenters. The van der Waals surface area contributed by atoms with Crippen molar-refractivity contribution < 1.29 is 4.74 Å². The van der Waals surface area contributed by atoms with Crippen molar-refractivity contribution in [3.63, 3.8) is 0 Å². The summed E-state index contributed by atoms with van der Waals surface area (Å²) in [6, 6.07) is 6.06. The van der Waals surface area contributed by atoms with Gasteiger partial charge in [0.25, 0.3) is 0 Å². The number of aromatic nitrogens is 3. The van der Waals surface area contributed by atoms with Crippen LogP contribution in [-0.2, 0) is 13.5 Å². The van der Waals surface area contributed by atoms with E-state index < -0.39 is 0 Å². The maximum atomic E-state index is 5.50. The number of rotatable bonds is 4. The summed E-state index contributed by atoms with van der Waals surface area (Å²) in [5.74, 6) is 1.81. The molecule has 4 nitrogen and oxygen atoms in total. The lowest BCUT2D eigenvalue weighted by Gasteiger charge is -2.07. The zero-order valence-electron chi connectivity index (χ0n) is 9.85. The predicted molar refractivity (Wildman–Crippen MR) is 69.1 cm³/mol. The van der Waals surface area contributed by atoms with Crippen molar-refractivity contribution in [2.24, 2.45) is 7.05 Å². The van der Waals surface area contributed by atoms with E-state index in [0.717, 1.165) is 28.0 Å². The summed E-state index contributed by atoms with van der Waals surface area (Å²) in [5, 5.41) is 7.94. The van der Waals surface area contributed by atoms with Crippen LogP contribution in [0, 0.1) is 0 Å². The molecule has 0 saturated carbocycles. The van der Waals surface area contributed by atoms with Crippen molar-refractivity contribution in [1.82, 2.24) is 14.8 Å². The summed E-state index contributed by atoms with van der Waals surface area (Å²) < 4.78 is 8.44. The lowest BCUT2D eigenvalue weighted by atomic mass is 10.1. The Bertz CT molecular complexity index is 510. The third-order valence-corrected chi connectivity index (χ3v) is 2.87. The van der Waals surface area contributed by atoms with E-state index in [9.17, 15) is 0 Å². The number of nitrogens with zero attached hydrogens (tertiary/aromatic N) is 3. The monoisotopic (exact) mass is 295 g/mol. The van der Waals surface area contributed by atoms with Gasteiger partial charge in [0.05, 0.1) is 6.61 Å². The highest BCUT2D eigenvalue weighted by Crippen LogP contribution is 2.22. The molecule has 2 aromatic rings. The minimum absolute atomic E-state index is 0.667. The van der Waals surface area contributed by atoms with E-state index in [-0.39, 0.29) is 0 Å². The Labute approximate surface area is 109 Å². The Morgan fingerprint density at radius 1 is 1.35 bits per heavy atom. The summed E-state index contributed by atoms with van der Waals surface area (Å²) >= 11 is 3.48. The van der Waals surface area contributed by atoms with Gasteiger partial charge in [0.15, 0.2) is 0 Å². The second-order valence-corrected chi connectivity index (χ2v) is 4.68. The average Bonchev–Trinajstić information content (AvgIpc) is 2.64. The average molecular weight is 296 g/mol. The number of benzene rings is 1. The van der Waals surface area contributed by atoms with E-state index in [1.54, 1.807) is 6.33 Å². The van der Waals surface area contributed by atoms with Crippen molar-refractivity contribution in [2.45, 2.75) is 13.3 Å². The molecular weight excluding hydrogens is 282 g/mol. The van der Waals surface area contributed by atoms with Gasteiger partial charge in [0.2, 0.25) is 0 Å². The molecule has 90 valence electrons. The molecule has 0 amide bonds. The Hall–Kier alpha value is -1.36. The highest BCUT2D eigenvalue weighted by Gasteiger charge is 2.05. The quantitative estimate of drug-likeness (QED) is 0.870. The van der Waals surface area contributed by atoms with Gasteiger partial charge in [0, 0.05) is 17.9 Å². The van der Waals surface area contributed by atoms with Crippen LogP contribution in [0.4, 0.5) is 0 Å². The van der Waals surface area contributed by atoms with Crippen molar-refractivity contribution in [3.8, 4) is 5.75 Å². The highest BCUT2D eigenvalue weighted by atomic mass is 79.9. The number of hydrogen-bond donors (Lipinski definition) is 0. The van der Waals surface area contributed by atoms with Crippen LogP contribution in [0.5, 0.6) is 5.75 Å². The van der Waals surface area contributed by atoms with Gasteiger partial charge in [-0.15, -0.1) is 10.2 Å². The molecule has 2 rings (SSSR count). The molecule has 0 saturated heterocycles. The smallest absolute Gasteiger partial charge is 0.136 e. The van der Waals surface area contributed by atoms with Crippen molar-refractivity contribution >= 4 is 15.9 Å². The molecule has 1 aromatic heterocycles. The zero-order valence-corrected chi connectivity index (χ0v) is 11.4. The first kappa shape index (κ1) is 12.1. The molecule has 0 aliphatic heterocycles. The van der Waals surface area contributed by atoms with Crippen LogP contribution in [0.15, 0.2) is 29.0 Å². The van der Waals surface area contributed by atoms with E-state index in [0.29, 0.717) is 6.61 Å². The van der Waals surface area contributed by atoms with E-state index in [2.05, 4.69) is 32.2 Å². The second-order valence-electron chi connectivity index (χ2n) is 3.76. The standard InChI is InChI=1S/C12H14BrN3O/c1-3-17-11-5-9(4-10(13)7-11)6-12-15-14-8-16(12)2/h4-5,7-8H,3,6H2,1-2H3. The van der Waals surface area contributed by atoms with Gasteiger partial charge in [-0.1, -0.05) is 15.9 Å². The van der Waals surface area contributed by atoms with E-state index in [1.807, 2.05) is 30.7 Å². The molecule has 0 aliphatic carbocycles. The van der Waals surface area contributed by atoms with Crippen LogP contribution in [0.25, 0.3) is 0 Å². The molecule has 0 atom stereocenters. The number of halogens is 1. The molecule has 5 heteroatoms. The van der Waals surface area contributed by atoms with Gasteiger partial charge in [-0.25, -0.2) is 0 Å². The molecule has 0 bridgehead atoms. The summed E-state index contributed by atoms with van der Waals surface area (Å²) in [4.78, 5) is 0. The Morgan fingerprint density at radius 3 is 2.82 bits per heavy atom. The zero-order chi connectivity index (χ0) is 12.3. The molecule has 1 heterocycles. The Morgan fingerprint density at radius 2 is 2.18 bits per heavy atom. The Balaban J connectivity index is 2.23. The summed E-state index contributed by atoms with van der Waals surface area (Å²) in [5.41, 5.74) is 1.15. The van der Waals surface area contributed by atoms with E-state index in [1.165, 1.54) is 0 Å². The molecule has 0 spiro atoms. The van der Waals surface area contributed by atoms with E-state index >= 15 is 0 Å². The van der Waals surface area contributed by atoms with E-state index in [4.69, 9.17) is 4.74 Å². The molecular formula is C12H14BrN3O. The highest BCUT2D eigenvalue weighted by molar-refractivity contribution is 9.10. The molecule has 0 aliphatic rings. The Kier molecular flexibility index (Phi) is 3.78. The summed E-state index contributed by atoms with van der Waals surface area (Å²) in [7, 11) is 1.94. The molecule has 0 radical (unpaired) electrons. The van der Waals surface area contributed by atoms with Crippen molar-refractivity contribution in [2.75, 3.05) is 6.61 Å². The van der Waals surface area contributed by atoms with Gasteiger partial charge in [-0.3, -0.25) is 0 Å². The van der Waals surface area contributed by atoms with Gasteiger partial charge in [-0.05, 0) is 30.7 Å². The first-order valence-corrected chi connectivity index (χ1v) is 6.23. The fraction of sp³-hybridized carbons (Fsp3) is 0.333. The lowest BCUT2D eigenvalue weighted by Crippen LogP contribution is -1.99. The van der Waals surface area contributed by atoms with Crippen molar-refractivity contribution in [1.29, 1.82) is 0 Å². The van der Waals surface area contributed by atoms with Crippen LogP contribution in [0.3, 0.4) is 0 Å². The van der Waals surface area contributed by atoms with Crippen LogP contribution < -0.4 is 4.74 Å². The first-order valence-electron chi connectivity index (χ1n) is 5.44. The van der Waals surface area contributed by atoms with Gasteiger partial charge >= 0.3 is 0 Å². The minimum atomic E-state index is 0.667. The SMILES string of the molecule is CCOc1cc(Br)cc(Cc2nncn2C)c1. The number of aryl methyl sites for hydroxylation is 1. The normalized spacial score (nSPS) is 10.5. The third kappa shape index (κ3) is 3.06. The molecule has 17 heavy (non-hydrogen) atoms. The second kappa shape index (κ2) is 5.31. The number of hydrogen-bond acceptors (Lipinski definition) is 3.